The fourth-order valence-electron chi connectivity index (χ4n) is 10.0. The highest BCUT2D eigenvalue weighted by molar-refractivity contribution is 7.99. The monoisotopic (exact) mass is 771 g/mol. The molecule has 0 N–H and O–H groups in total. The Hall–Kier alpha value is -7.14. The van der Waals surface area contributed by atoms with Crippen molar-refractivity contribution in [3.63, 3.8) is 0 Å². The van der Waals surface area contributed by atoms with Crippen molar-refractivity contribution < 1.29 is 0 Å². The van der Waals surface area contributed by atoms with Crippen molar-refractivity contribution in [3.8, 4) is 5.69 Å². The number of allylic oxidation sites excluding steroid dienone is 2. The van der Waals surface area contributed by atoms with Crippen LogP contribution in [0.2, 0.25) is 0 Å². The van der Waals surface area contributed by atoms with Crippen molar-refractivity contribution in [3.05, 3.63) is 234 Å². The van der Waals surface area contributed by atoms with Crippen molar-refractivity contribution in [1.29, 1.82) is 0 Å². The first kappa shape index (κ1) is 33.9. The molecule has 2 aliphatic rings. The van der Waals surface area contributed by atoms with Gasteiger partial charge in [0.1, 0.15) is 5.82 Å². The van der Waals surface area contributed by atoms with Gasteiger partial charge in [-0.3, -0.25) is 4.57 Å². The zero-order valence-electron chi connectivity index (χ0n) is 32.4. The summed E-state index contributed by atoms with van der Waals surface area (Å²) >= 11 is 1.87. The van der Waals surface area contributed by atoms with Gasteiger partial charge in [0, 0.05) is 36.9 Å². The summed E-state index contributed by atoms with van der Waals surface area (Å²) in [5.74, 6) is 0.667. The highest BCUT2D eigenvalue weighted by Crippen LogP contribution is 2.61. The number of nitrogens with zero attached hydrogens (tertiary/aromatic N) is 3. The minimum atomic E-state index is -0.565. The quantitative estimate of drug-likeness (QED) is 0.160. The van der Waals surface area contributed by atoms with E-state index >= 15 is 0 Å². The van der Waals surface area contributed by atoms with Crippen molar-refractivity contribution >= 4 is 72.5 Å². The lowest BCUT2D eigenvalue weighted by Crippen LogP contribution is -2.37. The molecule has 0 bridgehead atoms. The van der Waals surface area contributed by atoms with E-state index < -0.39 is 5.41 Å². The Kier molecular flexibility index (Phi) is 7.44. The highest BCUT2D eigenvalue weighted by Gasteiger charge is 2.49. The lowest BCUT2D eigenvalue weighted by atomic mass is 9.62. The molecule has 0 amide bonds. The topological polar surface area (TPSA) is 22.2 Å². The maximum Gasteiger partial charge on any atom is 0.131 e. The van der Waals surface area contributed by atoms with Crippen molar-refractivity contribution in [2.24, 2.45) is 4.99 Å². The predicted molar refractivity (Wildman–Crippen MR) is 248 cm³/mol. The Bertz CT molecular complexity index is 3440. The summed E-state index contributed by atoms with van der Waals surface area (Å²) in [6, 6.07) is 68.5. The Morgan fingerprint density at radius 2 is 1.14 bits per heavy atom. The van der Waals surface area contributed by atoms with Gasteiger partial charge in [0.25, 0.3) is 0 Å². The van der Waals surface area contributed by atoms with Gasteiger partial charge in [-0.05, 0) is 82.8 Å². The number of hydrogen-bond acceptors (Lipinski definition) is 2. The van der Waals surface area contributed by atoms with E-state index in [9.17, 15) is 0 Å². The summed E-state index contributed by atoms with van der Waals surface area (Å²) < 4.78 is 4.77. The number of hydrogen-bond donors (Lipinski definition) is 0. The lowest BCUT2D eigenvalue weighted by molar-refractivity contribution is 0.691. The highest BCUT2D eigenvalue weighted by atomic mass is 32.2. The van der Waals surface area contributed by atoms with Crippen LogP contribution in [0.15, 0.2) is 215 Å². The van der Waals surface area contributed by atoms with Crippen LogP contribution in [0.3, 0.4) is 0 Å². The predicted octanol–water partition coefficient (Wildman–Crippen LogP) is 14.1. The van der Waals surface area contributed by atoms with Gasteiger partial charge < -0.3 is 4.57 Å². The van der Waals surface area contributed by atoms with Crippen molar-refractivity contribution in [2.75, 3.05) is 0 Å². The Morgan fingerprint density at radius 3 is 1.93 bits per heavy atom. The molecule has 59 heavy (non-hydrogen) atoms. The largest absolute Gasteiger partial charge is 0.309 e. The van der Waals surface area contributed by atoms with Gasteiger partial charge in [-0.15, -0.1) is 0 Å². The average molecular weight is 772 g/mol. The molecule has 0 saturated heterocycles. The molecule has 0 radical (unpaired) electrons. The minimum Gasteiger partial charge on any atom is -0.309 e. The molecule has 1 atom stereocenters. The summed E-state index contributed by atoms with van der Waals surface area (Å²) in [5.41, 5.74) is 14.8. The lowest BCUT2D eigenvalue weighted by Gasteiger charge is -2.45. The Labute approximate surface area is 346 Å². The molecule has 2 aliphatic heterocycles. The molecule has 0 fully saturated rings. The second kappa shape index (κ2) is 12.9. The van der Waals surface area contributed by atoms with Crippen LogP contribution in [0.25, 0.3) is 60.7 Å². The van der Waals surface area contributed by atoms with Gasteiger partial charge >= 0.3 is 0 Å². The zero-order chi connectivity index (χ0) is 39.2. The van der Waals surface area contributed by atoms with Gasteiger partial charge in [-0.2, -0.15) is 0 Å². The van der Waals surface area contributed by atoms with Crippen molar-refractivity contribution in [1.82, 2.24) is 9.13 Å². The zero-order valence-corrected chi connectivity index (χ0v) is 33.2. The third-order valence-electron chi connectivity index (χ3n) is 12.5. The van der Waals surface area contributed by atoms with Gasteiger partial charge in [0.15, 0.2) is 0 Å². The van der Waals surface area contributed by atoms with Crippen LogP contribution in [0, 0.1) is 0 Å². The van der Waals surface area contributed by atoms with E-state index in [2.05, 4.69) is 204 Å². The average Bonchev–Trinajstić information content (AvgIpc) is 3.80. The first-order valence-corrected chi connectivity index (χ1v) is 21.0. The molecule has 8 aromatic carbocycles. The third-order valence-corrected chi connectivity index (χ3v) is 13.6. The fraction of sp³-hybridized carbons (Fsp3) is 0.0364. The molecule has 4 heterocycles. The van der Waals surface area contributed by atoms with Gasteiger partial charge in [-0.1, -0.05) is 170 Å². The molecule has 4 heteroatoms. The van der Waals surface area contributed by atoms with Crippen LogP contribution < -0.4 is 0 Å². The third kappa shape index (κ3) is 4.81. The molecule has 0 saturated carbocycles. The molecule has 12 rings (SSSR count). The van der Waals surface area contributed by atoms with E-state index in [0.717, 1.165) is 33.4 Å². The molecular weight excluding hydrogens is 735 g/mol. The number of aromatic nitrogens is 2. The molecule has 3 nitrogen and oxygen atoms in total. The van der Waals surface area contributed by atoms with Gasteiger partial charge in [0.05, 0.1) is 38.9 Å². The van der Waals surface area contributed by atoms with Crippen molar-refractivity contribution in [2.45, 2.75) is 22.1 Å². The smallest absolute Gasteiger partial charge is 0.131 e. The van der Waals surface area contributed by atoms with E-state index in [1.807, 2.05) is 17.8 Å². The fourth-order valence-corrected chi connectivity index (χ4v) is 11.2. The number of benzene rings is 8. The SMILES string of the molecule is C=C(N=C(/C=C(\C)c1ccccc1)c1ccccc1)n1c2ccccc2c2cc3c(cc21)Sc1ccccc1C31c2ccccc2-n2c3ccccc3c3cccc1c32. The second-order valence-electron chi connectivity index (χ2n) is 15.6. The summed E-state index contributed by atoms with van der Waals surface area (Å²) in [6.07, 6.45) is 2.18. The standard InChI is InChI=1S/C55H37N3S/c1-35(37-18-5-3-6-19-37)32-47(38-20-7-4-8-21-38)56-36(2)57-48-28-13-10-23-40(48)42-33-46-53(34-51(42)57)59-52-31-16-12-26-44(52)55(46)43-25-11-15-30-50(43)58-49-29-14-9-22-39(49)41-24-17-27-45(55)54(41)58/h3-34H,2H2,1H3/b35-32+,56-47?. The summed E-state index contributed by atoms with van der Waals surface area (Å²) in [6.45, 7) is 6.86. The first-order valence-electron chi connectivity index (χ1n) is 20.2. The van der Waals surface area contributed by atoms with Crippen LogP contribution in [-0.2, 0) is 5.41 Å². The van der Waals surface area contributed by atoms with Crippen LogP contribution in [0.4, 0.5) is 0 Å². The molecular formula is C55H37N3S. The Balaban J connectivity index is 1.15. The molecule has 0 aliphatic carbocycles. The molecule has 1 unspecified atom stereocenters. The molecule has 10 aromatic rings. The summed E-state index contributed by atoms with van der Waals surface area (Å²) in [4.78, 5) is 7.89. The number of para-hydroxylation sites is 4. The maximum absolute atomic E-state index is 5.39. The van der Waals surface area contributed by atoms with Crippen LogP contribution in [0.1, 0.15) is 40.3 Å². The minimum absolute atomic E-state index is 0.565. The van der Waals surface area contributed by atoms with E-state index in [1.54, 1.807) is 0 Å². The normalized spacial score (nSPS) is 15.8. The van der Waals surface area contributed by atoms with Gasteiger partial charge in [0.2, 0.25) is 0 Å². The number of fused-ring (bicyclic) bond motifs is 14. The van der Waals surface area contributed by atoms with E-state index in [1.165, 1.54) is 70.3 Å². The van der Waals surface area contributed by atoms with Crippen LogP contribution in [-0.4, -0.2) is 14.8 Å². The Morgan fingerprint density at radius 1 is 0.525 bits per heavy atom. The summed E-state index contributed by atoms with van der Waals surface area (Å²) in [5, 5.41) is 4.91. The first-order chi connectivity index (χ1) is 29.1. The van der Waals surface area contributed by atoms with Gasteiger partial charge in [-0.25, -0.2) is 4.99 Å². The van der Waals surface area contributed by atoms with E-state index in [4.69, 9.17) is 11.6 Å². The van der Waals surface area contributed by atoms with E-state index in [-0.39, 0.29) is 0 Å². The molecule has 2 aromatic heterocycles. The van der Waals surface area contributed by atoms with Crippen LogP contribution >= 0.6 is 11.8 Å². The second-order valence-corrected chi connectivity index (χ2v) is 16.7. The molecule has 1 spiro atoms. The number of rotatable bonds is 5. The van der Waals surface area contributed by atoms with Crippen LogP contribution in [0.5, 0.6) is 0 Å². The van der Waals surface area contributed by atoms with E-state index in [0.29, 0.717) is 5.82 Å². The molecule has 278 valence electrons. The maximum atomic E-state index is 5.39. The number of aliphatic imine (C=N–C) groups is 1. The summed E-state index contributed by atoms with van der Waals surface area (Å²) in [7, 11) is 0.